The van der Waals surface area contributed by atoms with Gasteiger partial charge < -0.3 is 10.2 Å². The maximum Gasteiger partial charge on any atom is 0.150 e. The van der Waals surface area contributed by atoms with E-state index in [1.165, 1.54) is 0 Å². The highest BCUT2D eigenvalue weighted by molar-refractivity contribution is 5.85. The van der Waals surface area contributed by atoms with E-state index in [0.717, 1.165) is 37.7 Å². The van der Waals surface area contributed by atoms with Crippen LogP contribution < -0.4 is 10.2 Å². The van der Waals surface area contributed by atoms with Crippen molar-refractivity contribution in [3.05, 3.63) is 11.8 Å². The van der Waals surface area contributed by atoms with Gasteiger partial charge in [-0.3, -0.25) is 5.10 Å². The SMILES string of the molecule is Cc1cc(N2CCNCC2)n[nH]1.Cl. The second-order valence-corrected chi connectivity index (χ2v) is 3.15. The van der Waals surface area contributed by atoms with Crippen LogP contribution in [0.5, 0.6) is 0 Å². The number of piperazine rings is 1. The van der Waals surface area contributed by atoms with Crippen molar-refractivity contribution in [1.82, 2.24) is 15.5 Å². The normalized spacial score (nSPS) is 16.8. The monoisotopic (exact) mass is 202 g/mol. The Morgan fingerprint density at radius 2 is 2.08 bits per heavy atom. The van der Waals surface area contributed by atoms with Gasteiger partial charge in [-0.05, 0) is 6.92 Å². The largest absolute Gasteiger partial charge is 0.353 e. The molecule has 74 valence electrons. The number of H-pyrrole nitrogens is 1. The molecule has 1 fully saturated rings. The number of halogens is 1. The summed E-state index contributed by atoms with van der Waals surface area (Å²) in [4.78, 5) is 2.29. The molecule has 0 bridgehead atoms. The minimum absolute atomic E-state index is 0. The predicted octanol–water partition coefficient (Wildman–Crippen LogP) is 0.550. The number of nitrogens with one attached hydrogen (secondary N) is 2. The average molecular weight is 203 g/mol. The molecule has 0 unspecified atom stereocenters. The number of aryl methyl sites for hydroxylation is 1. The van der Waals surface area contributed by atoms with E-state index >= 15 is 0 Å². The summed E-state index contributed by atoms with van der Waals surface area (Å²) in [5.41, 5.74) is 1.13. The summed E-state index contributed by atoms with van der Waals surface area (Å²) in [6.45, 7) is 6.27. The number of rotatable bonds is 1. The first kappa shape index (κ1) is 10.3. The van der Waals surface area contributed by atoms with E-state index < -0.39 is 0 Å². The molecule has 0 aromatic carbocycles. The van der Waals surface area contributed by atoms with Crippen LogP contribution in [0.3, 0.4) is 0 Å². The molecule has 0 radical (unpaired) electrons. The van der Waals surface area contributed by atoms with Gasteiger partial charge in [-0.1, -0.05) is 0 Å². The number of hydrogen-bond donors (Lipinski definition) is 2. The van der Waals surface area contributed by atoms with Crippen LogP contribution in [0, 0.1) is 6.92 Å². The van der Waals surface area contributed by atoms with Gasteiger partial charge in [0.15, 0.2) is 5.82 Å². The molecule has 2 rings (SSSR count). The summed E-state index contributed by atoms with van der Waals surface area (Å²) in [6, 6.07) is 2.09. The lowest BCUT2D eigenvalue weighted by Gasteiger charge is -2.26. The summed E-state index contributed by atoms with van der Waals surface area (Å²) in [7, 11) is 0. The highest BCUT2D eigenvalue weighted by Crippen LogP contribution is 2.11. The van der Waals surface area contributed by atoms with Crippen LogP contribution in [0.15, 0.2) is 6.07 Å². The molecule has 0 spiro atoms. The molecule has 13 heavy (non-hydrogen) atoms. The van der Waals surface area contributed by atoms with Gasteiger partial charge in [-0.25, -0.2) is 0 Å². The lowest BCUT2D eigenvalue weighted by Crippen LogP contribution is -2.43. The van der Waals surface area contributed by atoms with Gasteiger partial charge in [0.25, 0.3) is 0 Å². The first-order chi connectivity index (χ1) is 5.86. The highest BCUT2D eigenvalue weighted by Gasteiger charge is 2.11. The first-order valence-electron chi connectivity index (χ1n) is 4.34. The first-order valence-corrected chi connectivity index (χ1v) is 4.34. The van der Waals surface area contributed by atoms with E-state index in [1.807, 2.05) is 6.92 Å². The number of aromatic amines is 1. The predicted molar refractivity (Wildman–Crippen MR) is 55.7 cm³/mol. The third kappa shape index (κ3) is 2.35. The van der Waals surface area contributed by atoms with E-state index in [0.29, 0.717) is 0 Å². The summed E-state index contributed by atoms with van der Waals surface area (Å²) in [5.74, 6) is 1.08. The zero-order valence-corrected chi connectivity index (χ0v) is 8.52. The summed E-state index contributed by atoms with van der Waals surface area (Å²) >= 11 is 0. The fourth-order valence-corrected chi connectivity index (χ4v) is 1.46. The maximum atomic E-state index is 4.21. The molecule has 1 aliphatic heterocycles. The molecule has 4 nitrogen and oxygen atoms in total. The molecule has 1 saturated heterocycles. The second-order valence-electron chi connectivity index (χ2n) is 3.15. The number of anilines is 1. The molecular weight excluding hydrogens is 188 g/mol. The van der Waals surface area contributed by atoms with Crippen LogP contribution in [0.2, 0.25) is 0 Å². The minimum Gasteiger partial charge on any atom is -0.353 e. The Balaban J connectivity index is 0.000000845. The van der Waals surface area contributed by atoms with Gasteiger partial charge in [0.2, 0.25) is 0 Å². The molecule has 0 atom stereocenters. The van der Waals surface area contributed by atoms with Crippen molar-refractivity contribution < 1.29 is 0 Å². The lowest BCUT2D eigenvalue weighted by atomic mass is 10.3. The number of hydrogen-bond acceptors (Lipinski definition) is 3. The van der Waals surface area contributed by atoms with E-state index in [4.69, 9.17) is 0 Å². The molecule has 0 saturated carbocycles. The molecule has 0 amide bonds. The Bertz CT molecular complexity index is 254. The minimum atomic E-state index is 0. The summed E-state index contributed by atoms with van der Waals surface area (Å²) < 4.78 is 0. The Hall–Kier alpha value is -0.740. The third-order valence-electron chi connectivity index (χ3n) is 2.13. The van der Waals surface area contributed by atoms with Gasteiger partial charge in [0.05, 0.1) is 0 Å². The van der Waals surface area contributed by atoms with Crippen LogP contribution >= 0.6 is 12.4 Å². The van der Waals surface area contributed by atoms with Crippen LogP contribution in [0.1, 0.15) is 5.69 Å². The smallest absolute Gasteiger partial charge is 0.150 e. The van der Waals surface area contributed by atoms with Crippen LogP contribution in [-0.2, 0) is 0 Å². The van der Waals surface area contributed by atoms with E-state index in [1.54, 1.807) is 0 Å². The summed E-state index contributed by atoms with van der Waals surface area (Å²) in [6.07, 6.45) is 0. The van der Waals surface area contributed by atoms with Crippen molar-refractivity contribution in [3.63, 3.8) is 0 Å². The Morgan fingerprint density at radius 1 is 1.38 bits per heavy atom. The second kappa shape index (κ2) is 4.48. The Morgan fingerprint density at radius 3 is 2.62 bits per heavy atom. The standard InChI is InChI=1S/C8H14N4.ClH/c1-7-6-8(11-10-7)12-4-2-9-3-5-12;/h6,9H,2-5H2,1H3,(H,10,11);1H. The molecule has 1 aromatic rings. The molecular formula is C8H15ClN4. The Kier molecular flexibility index (Phi) is 3.57. The molecule has 5 heteroatoms. The van der Waals surface area contributed by atoms with Crippen molar-refractivity contribution >= 4 is 18.2 Å². The van der Waals surface area contributed by atoms with Gasteiger partial charge in [0, 0.05) is 37.9 Å². The summed E-state index contributed by atoms with van der Waals surface area (Å²) in [5, 5.41) is 10.5. The topological polar surface area (TPSA) is 44.0 Å². The van der Waals surface area contributed by atoms with Crippen molar-refractivity contribution in [1.29, 1.82) is 0 Å². The van der Waals surface area contributed by atoms with E-state index in [2.05, 4.69) is 26.5 Å². The van der Waals surface area contributed by atoms with Crippen molar-refractivity contribution in [2.24, 2.45) is 0 Å². The van der Waals surface area contributed by atoms with Crippen molar-refractivity contribution in [2.45, 2.75) is 6.92 Å². The number of nitrogens with zero attached hydrogens (tertiary/aromatic N) is 2. The fourth-order valence-electron chi connectivity index (χ4n) is 1.46. The van der Waals surface area contributed by atoms with Crippen LogP contribution in [-0.4, -0.2) is 36.4 Å². The quantitative estimate of drug-likeness (QED) is 0.699. The highest BCUT2D eigenvalue weighted by atomic mass is 35.5. The molecule has 2 N–H and O–H groups in total. The lowest BCUT2D eigenvalue weighted by molar-refractivity contribution is 0.584. The third-order valence-corrected chi connectivity index (χ3v) is 2.13. The fraction of sp³-hybridized carbons (Fsp3) is 0.625. The zero-order chi connectivity index (χ0) is 8.39. The molecule has 1 aromatic heterocycles. The molecule has 0 aliphatic carbocycles. The van der Waals surface area contributed by atoms with Crippen molar-refractivity contribution in [3.8, 4) is 0 Å². The Labute approximate surface area is 84.1 Å². The van der Waals surface area contributed by atoms with Gasteiger partial charge in [-0.2, -0.15) is 5.10 Å². The van der Waals surface area contributed by atoms with E-state index in [9.17, 15) is 0 Å². The molecule has 1 aliphatic rings. The maximum absolute atomic E-state index is 4.21. The van der Waals surface area contributed by atoms with Gasteiger partial charge >= 0.3 is 0 Å². The van der Waals surface area contributed by atoms with Crippen LogP contribution in [0.4, 0.5) is 5.82 Å². The number of aromatic nitrogens is 2. The van der Waals surface area contributed by atoms with Crippen LogP contribution in [0.25, 0.3) is 0 Å². The van der Waals surface area contributed by atoms with Gasteiger partial charge in [-0.15, -0.1) is 12.4 Å². The molecule has 2 heterocycles. The average Bonchev–Trinajstić information content (AvgIpc) is 2.54. The van der Waals surface area contributed by atoms with E-state index in [-0.39, 0.29) is 12.4 Å². The zero-order valence-electron chi connectivity index (χ0n) is 7.71. The van der Waals surface area contributed by atoms with Gasteiger partial charge in [0.1, 0.15) is 0 Å². The van der Waals surface area contributed by atoms with Crippen molar-refractivity contribution in [2.75, 3.05) is 31.1 Å².